The summed E-state index contributed by atoms with van der Waals surface area (Å²) < 4.78 is 35.3. The summed E-state index contributed by atoms with van der Waals surface area (Å²) in [6.45, 7) is 1.59. The highest BCUT2D eigenvalue weighted by Gasteiger charge is 2.09. The van der Waals surface area contributed by atoms with E-state index in [0.717, 1.165) is 4.47 Å². The van der Waals surface area contributed by atoms with Gasteiger partial charge in [-0.05, 0) is 31.2 Å². The molecule has 2 nitrogen and oxygen atoms in total. The maximum atomic E-state index is 12.9. The molecule has 0 aliphatic heterocycles. The molecule has 0 spiro atoms. The van der Waals surface area contributed by atoms with E-state index < -0.39 is 12.0 Å². The van der Waals surface area contributed by atoms with Crippen molar-refractivity contribution in [3.05, 3.63) is 40.8 Å². The van der Waals surface area contributed by atoms with Gasteiger partial charge in [0.25, 0.3) is 0 Å². The van der Waals surface area contributed by atoms with Crippen molar-refractivity contribution in [1.82, 2.24) is 0 Å². The normalized spacial score (nSPS) is 12.0. The molecule has 0 bridgehead atoms. The Hall–Kier alpha value is -1.10. The summed E-state index contributed by atoms with van der Waals surface area (Å²) in [4.78, 5) is 0. The number of hydrogen-bond acceptors (Lipinski definition) is 2. The van der Waals surface area contributed by atoms with Crippen LogP contribution in [0.2, 0.25) is 0 Å². The van der Waals surface area contributed by atoms with E-state index in [1.54, 1.807) is 19.1 Å². The lowest BCUT2D eigenvalue weighted by Gasteiger charge is -2.04. The van der Waals surface area contributed by atoms with Gasteiger partial charge in [0.1, 0.15) is 5.75 Å². The van der Waals surface area contributed by atoms with Crippen molar-refractivity contribution in [2.75, 3.05) is 6.61 Å². The van der Waals surface area contributed by atoms with Crippen molar-refractivity contribution < 1.29 is 18.3 Å². The molecule has 0 aromatic heterocycles. The Bertz CT molecular complexity index is 349. The molecule has 0 radical (unpaired) electrons. The zero-order valence-corrected chi connectivity index (χ0v) is 9.55. The second-order valence-corrected chi connectivity index (χ2v) is 3.45. The topological polar surface area (TPSA) is 18.5 Å². The zero-order chi connectivity index (χ0) is 11.3. The van der Waals surface area contributed by atoms with Crippen LogP contribution in [-0.2, 0) is 4.74 Å². The summed E-state index contributed by atoms with van der Waals surface area (Å²) in [5.41, 5.74) is 0. The van der Waals surface area contributed by atoms with E-state index in [1.807, 2.05) is 0 Å². The third-order valence-corrected chi connectivity index (χ3v) is 1.98. The molecule has 0 atom stereocenters. The Morgan fingerprint density at radius 2 is 1.80 bits per heavy atom. The second-order valence-electron chi connectivity index (χ2n) is 2.54. The average molecular weight is 279 g/mol. The van der Waals surface area contributed by atoms with Crippen LogP contribution in [0.4, 0.5) is 8.78 Å². The van der Waals surface area contributed by atoms with E-state index in [9.17, 15) is 8.78 Å². The molecule has 1 aromatic carbocycles. The SMILES string of the molecule is CCO/C(F)=C(/F)Oc1ccc(Br)cc1. The monoisotopic (exact) mass is 278 g/mol. The quantitative estimate of drug-likeness (QED) is 0.777. The molecule has 1 aromatic rings. The molecule has 5 heteroatoms. The van der Waals surface area contributed by atoms with Crippen LogP contribution in [0.25, 0.3) is 0 Å². The number of halogens is 3. The Balaban J connectivity index is 2.69. The molecule has 0 N–H and O–H groups in total. The van der Waals surface area contributed by atoms with E-state index in [0.29, 0.717) is 0 Å². The summed E-state index contributed by atoms with van der Waals surface area (Å²) in [6.07, 6.45) is 0. The summed E-state index contributed by atoms with van der Waals surface area (Å²) in [5, 5.41) is 0. The van der Waals surface area contributed by atoms with Crippen LogP contribution in [0.5, 0.6) is 5.75 Å². The van der Waals surface area contributed by atoms with Crippen molar-refractivity contribution in [3.8, 4) is 5.75 Å². The summed E-state index contributed by atoms with van der Waals surface area (Å²) in [5.74, 6) is 0.200. The lowest BCUT2D eigenvalue weighted by atomic mass is 10.3. The van der Waals surface area contributed by atoms with Gasteiger partial charge in [-0.2, -0.15) is 8.78 Å². The molecule has 0 aliphatic carbocycles. The number of rotatable bonds is 4. The van der Waals surface area contributed by atoms with Crippen molar-refractivity contribution in [2.45, 2.75) is 6.92 Å². The Morgan fingerprint density at radius 1 is 1.20 bits per heavy atom. The van der Waals surface area contributed by atoms with Crippen molar-refractivity contribution >= 4 is 15.9 Å². The Morgan fingerprint density at radius 3 is 2.33 bits per heavy atom. The van der Waals surface area contributed by atoms with Gasteiger partial charge in [-0.25, -0.2) is 0 Å². The number of benzene rings is 1. The minimum absolute atomic E-state index is 0.0446. The van der Waals surface area contributed by atoms with E-state index in [-0.39, 0.29) is 12.4 Å². The highest BCUT2D eigenvalue weighted by atomic mass is 79.9. The predicted octanol–water partition coefficient (Wildman–Crippen LogP) is 3.93. The molecule has 0 unspecified atom stereocenters. The van der Waals surface area contributed by atoms with Gasteiger partial charge in [-0.15, -0.1) is 0 Å². The molecule has 82 valence electrons. The Labute approximate surface area is 94.6 Å². The van der Waals surface area contributed by atoms with E-state index in [2.05, 4.69) is 25.4 Å². The smallest absolute Gasteiger partial charge is 0.352 e. The lowest BCUT2D eigenvalue weighted by molar-refractivity contribution is 0.116. The fraction of sp³-hybridized carbons (Fsp3) is 0.200. The molecule has 0 aliphatic rings. The van der Waals surface area contributed by atoms with E-state index >= 15 is 0 Å². The first-order chi connectivity index (χ1) is 7.13. The molecule has 1 rings (SSSR count). The van der Waals surface area contributed by atoms with Crippen molar-refractivity contribution in [3.63, 3.8) is 0 Å². The average Bonchev–Trinajstić information content (AvgIpc) is 2.22. The van der Waals surface area contributed by atoms with Gasteiger partial charge in [0.05, 0.1) is 6.61 Å². The van der Waals surface area contributed by atoms with Gasteiger partial charge >= 0.3 is 12.0 Å². The molecule has 0 amide bonds. The van der Waals surface area contributed by atoms with Crippen molar-refractivity contribution in [2.24, 2.45) is 0 Å². The summed E-state index contributed by atoms with van der Waals surface area (Å²) in [7, 11) is 0. The highest BCUT2D eigenvalue weighted by Crippen LogP contribution is 2.20. The second kappa shape index (κ2) is 5.70. The lowest BCUT2D eigenvalue weighted by Crippen LogP contribution is -1.96. The van der Waals surface area contributed by atoms with Gasteiger partial charge in [0.15, 0.2) is 0 Å². The standard InChI is InChI=1S/C10H9BrF2O2/c1-2-14-9(12)10(13)15-8-5-3-7(11)4-6-8/h3-6H,2H2,1H3/b10-9-. The minimum Gasteiger partial charge on any atom is -0.467 e. The molecule has 0 heterocycles. The first-order valence-corrected chi connectivity index (χ1v) is 5.04. The van der Waals surface area contributed by atoms with Crippen LogP contribution in [0.15, 0.2) is 40.8 Å². The maximum Gasteiger partial charge on any atom is 0.352 e. The van der Waals surface area contributed by atoms with Gasteiger partial charge in [-0.1, -0.05) is 15.9 Å². The first kappa shape index (κ1) is 12.0. The van der Waals surface area contributed by atoms with Crippen LogP contribution < -0.4 is 4.74 Å². The van der Waals surface area contributed by atoms with Gasteiger partial charge in [0.2, 0.25) is 0 Å². The van der Waals surface area contributed by atoms with E-state index in [1.165, 1.54) is 12.1 Å². The first-order valence-electron chi connectivity index (χ1n) is 4.25. The van der Waals surface area contributed by atoms with Crippen molar-refractivity contribution in [1.29, 1.82) is 0 Å². The maximum absolute atomic E-state index is 12.9. The zero-order valence-electron chi connectivity index (χ0n) is 7.97. The molecule has 0 saturated heterocycles. The fourth-order valence-corrected chi connectivity index (χ4v) is 1.09. The van der Waals surface area contributed by atoms with Crippen LogP contribution in [0, 0.1) is 0 Å². The van der Waals surface area contributed by atoms with Crippen LogP contribution in [-0.4, -0.2) is 6.61 Å². The highest BCUT2D eigenvalue weighted by molar-refractivity contribution is 9.10. The largest absolute Gasteiger partial charge is 0.467 e. The molecule has 0 fully saturated rings. The molecular weight excluding hydrogens is 270 g/mol. The molecule has 0 saturated carbocycles. The number of hydrogen-bond donors (Lipinski definition) is 0. The molecule has 15 heavy (non-hydrogen) atoms. The van der Waals surface area contributed by atoms with E-state index in [4.69, 9.17) is 0 Å². The van der Waals surface area contributed by atoms with Crippen LogP contribution in [0.1, 0.15) is 6.92 Å². The predicted molar refractivity (Wildman–Crippen MR) is 55.6 cm³/mol. The van der Waals surface area contributed by atoms with Crippen LogP contribution >= 0.6 is 15.9 Å². The summed E-state index contributed by atoms with van der Waals surface area (Å²) in [6, 6.07) is 3.59. The third-order valence-electron chi connectivity index (χ3n) is 1.45. The third kappa shape index (κ3) is 3.87. The van der Waals surface area contributed by atoms with Gasteiger partial charge < -0.3 is 9.47 Å². The van der Waals surface area contributed by atoms with Crippen LogP contribution in [0.3, 0.4) is 0 Å². The fourth-order valence-electron chi connectivity index (χ4n) is 0.830. The van der Waals surface area contributed by atoms with Gasteiger partial charge in [0, 0.05) is 4.47 Å². The minimum atomic E-state index is -1.38. The summed E-state index contributed by atoms with van der Waals surface area (Å²) >= 11 is 3.21. The molecular formula is C10H9BrF2O2. The Kier molecular flexibility index (Phi) is 4.55. The van der Waals surface area contributed by atoms with Gasteiger partial charge in [-0.3, -0.25) is 0 Å². The number of ether oxygens (including phenoxy) is 2.